The van der Waals surface area contributed by atoms with E-state index in [9.17, 15) is 4.79 Å². The Morgan fingerprint density at radius 2 is 1.42 bits per heavy atom. The van der Waals surface area contributed by atoms with Crippen LogP contribution >= 0.6 is 11.6 Å². The van der Waals surface area contributed by atoms with Crippen LogP contribution in [0.15, 0.2) is 0 Å². The zero-order chi connectivity index (χ0) is 26.2. The van der Waals surface area contributed by atoms with E-state index in [-0.39, 0.29) is 11.3 Å². The molecule has 204 valence electrons. The number of carbonyl (C=O) groups is 1. The predicted octanol–water partition coefficient (Wildman–Crippen LogP) is 6.36. The van der Waals surface area contributed by atoms with Crippen LogP contribution < -0.4 is 4.74 Å². The SMILES string of the molecule is COC(=O)CCCCCCCCCCCCCCCn1c(C)nc2nc(Cl)nc(OCCN(C)C)c21. The molecule has 0 saturated carbocycles. The largest absolute Gasteiger partial charge is 0.475 e. The highest BCUT2D eigenvalue weighted by molar-refractivity contribution is 6.28. The first-order chi connectivity index (χ1) is 17.4. The van der Waals surface area contributed by atoms with Crippen molar-refractivity contribution >= 4 is 28.7 Å². The van der Waals surface area contributed by atoms with Crippen LogP contribution in [0.5, 0.6) is 5.88 Å². The third-order valence-electron chi connectivity index (χ3n) is 6.50. The van der Waals surface area contributed by atoms with Gasteiger partial charge in [-0.25, -0.2) is 4.98 Å². The summed E-state index contributed by atoms with van der Waals surface area (Å²) >= 11 is 6.11. The Morgan fingerprint density at radius 3 is 1.97 bits per heavy atom. The molecule has 2 rings (SSSR count). The predicted molar refractivity (Wildman–Crippen MR) is 146 cm³/mol. The molecule has 0 aliphatic carbocycles. The third-order valence-corrected chi connectivity index (χ3v) is 6.67. The van der Waals surface area contributed by atoms with Crippen LogP contribution in [0.25, 0.3) is 11.2 Å². The second-order valence-electron chi connectivity index (χ2n) is 9.85. The molecule has 0 saturated heterocycles. The molecule has 0 fully saturated rings. The number of hydrogen-bond donors (Lipinski definition) is 0. The lowest BCUT2D eigenvalue weighted by atomic mass is 10.0. The van der Waals surface area contributed by atoms with Crippen molar-refractivity contribution in [1.82, 2.24) is 24.4 Å². The molecule has 0 unspecified atom stereocenters. The molecule has 0 amide bonds. The number of rotatable bonds is 20. The number of aromatic nitrogens is 4. The third kappa shape index (κ3) is 11.4. The average Bonchev–Trinajstić information content (AvgIpc) is 3.15. The molecular formula is C27H46ClN5O3. The lowest BCUT2D eigenvalue weighted by Crippen LogP contribution is -2.20. The summed E-state index contributed by atoms with van der Waals surface area (Å²) in [7, 11) is 5.48. The summed E-state index contributed by atoms with van der Waals surface area (Å²) in [6, 6.07) is 0. The van der Waals surface area contributed by atoms with E-state index in [0.717, 1.165) is 43.7 Å². The average molecular weight is 524 g/mol. The fourth-order valence-electron chi connectivity index (χ4n) is 4.37. The molecule has 0 aliphatic heterocycles. The Labute approximate surface area is 222 Å². The normalized spacial score (nSPS) is 11.5. The molecule has 2 aromatic rings. The molecule has 36 heavy (non-hydrogen) atoms. The summed E-state index contributed by atoms with van der Waals surface area (Å²) in [5, 5.41) is 0.169. The molecule has 2 aromatic heterocycles. The highest BCUT2D eigenvalue weighted by atomic mass is 35.5. The van der Waals surface area contributed by atoms with Crippen molar-refractivity contribution in [3.8, 4) is 5.88 Å². The maximum Gasteiger partial charge on any atom is 0.305 e. The maximum absolute atomic E-state index is 11.1. The minimum atomic E-state index is -0.0878. The van der Waals surface area contributed by atoms with Crippen LogP contribution in [0, 0.1) is 6.92 Å². The fourth-order valence-corrected chi connectivity index (χ4v) is 4.53. The Hall–Kier alpha value is -1.93. The van der Waals surface area contributed by atoms with Crippen molar-refractivity contribution in [3.63, 3.8) is 0 Å². The summed E-state index contributed by atoms with van der Waals surface area (Å²) in [5.41, 5.74) is 1.45. The molecule has 8 nitrogen and oxygen atoms in total. The van der Waals surface area contributed by atoms with Gasteiger partial charge in [0, 0.05) is 19.5 Å². The van der Waals surface area contributed by atoms with Crippen molar-refractivity contribution in [2.24, 2.45) is 0 Å². The van der Waals surface area contributed by atoms with E-state index in [1.165, 1.54) is 71.3 Å². The van der Waals surface area contributed by atoms with Crippen LogP contribution in [-0.2, 0) is 16.1 Å². The number of methoxy groups -OCH3 is 1. The van der Waals surface area contributed by atoms with Gasteiger partial charge in [-0.1, -0.05) is 70.6 Å². The standard InChI is InChI=1S/C27H46ClN5O3/c1-22-29-25-24(26(31-27(28)30-25)36-21-20-32(2)3)33(22)19-17-15-13-11-9-7-5-6-8-10-12-14-16-18-23(34)35-4/h5-21H2,1-4H3. The minimum absolute atomic E-state index is 0.0878. The first kappa shape index (κ1) is 30.3. The van der Waals surface area contributed by atoms with Gasteiger partial charge in [0.25, 0.3) is 0 Å². The van der Waals surface area contributed by atoms with Crippen LogP contribution in [0.4, 0.5) is 0 Å². The van der Waals surface area contributed by atoms with Crippen molar-refractivity contribution in [2.45, 2.75) is 103 Å². The number of carbonyl (C=O) groups excluding carboxylic acids is 1. The number of ether oxygens (including phenoxy) is 2. The number of halogens is 1. The molecule has 0 aliphatic rings. The molecule has 0 atom stereocenters. The van der Waals surface area contributed by atoms with Crippen molar-refractivity contribution in [2.75, 3.05) is 34.4 Å². The Kier molecular flexibility index (Phi) is 14.7. The zero-order valence-corrected chi connectivity index (χ0v) is 23.6. The first-order valence-corrected chi connectivity index (χ1v) is 14.0. The number of unbranched alkanes of at least 4 members (excludes halogenated alkanes) is 12. The highest BCUT2D eigenvalue weighted by Crippen LogP contribution is 2.26. The number of imidazole rings is 1. The lowest BCUT2D eigenvalue weighted by Gasteiger charge is -2.13. The Morgan fingerprint density at radius 1 is 0.861 bits per heavy atom. The van der Waals surface area contributed by atoms with Gasteiger partial charge in [-0.15, -0.1) is 0 Å². The Bertz CT molecular complexity index is 903. The topological polar surface area (TPSA) is 82.4 Å². The van der Waals surface area contributed by atoms with Crippen molar-refractivity contribution in [1.29, 1.82) is 0 Å². The second kappa shape index (κ2) is 17.5. The quantitative estimate of drug-likeness (QED) is 0.113. The molecule has 0 radical (unpaired) electrons. The van der Waals surface area contributed by atoms with E-state index < -0.39 is 0 Å². The smallest absolute Gasteiger partial charge is 0.305 e. The van der Waals surface area contributed by atoms with E-state index >= 15 is 0 Å². The number of hydrogen-bond acceptors (Lipinski definition) is 7. The molecule has 0 N–H and O–H groups in total. The van der Waals surface area contributed by atoms with Crippen LogP contribution in [0.2, 0.25) is 5.28 Å². The van der Waals surface area contributed by atoms with Gasteiger partial charge in [0.05, 0.1) is 7.11 Å². The highest BCUT2D eigenvalue weighted by Gasteiger charge is 2.17. The van der Waals surface area contributed by atoms with E-state index in [0.29, 0.717) is 24.6 Å². The molecule has 0 aromatic carbocycles. The molecular weight excluding hydrogens is 478 g/mol. The van der Waals surface area contributed by atoms with Crippen LogP contribution in [0.3, 0.4) is 0 Å². The number of esters is 1. The maximum atomic E-state index is 11.1. The summed E-state index contributed by atoms with van der Waals surface area (Å²) in [4.78, 5) is 26.4. The van der Waals surface area contributed by atoms with E-state index in [1.54, 1.807) is 0 Å². The zero-order valence-electron chi connectivity index (χ0n) is 22.9. The minimum Gasteiger partial charge on any atom is -0.475 e. The summed E-state index contributed by atoms with van der Waals surface area (Å²) in [6.07, 6.45) is 16.7. The van der Waals surface area contributed by atoms with Crippen molar-refractivity contribution in [3.05, 3.63) is 11.1 Å². The van der Waals surface area contributed by atoms with Gasteiger partial charge >= 0.3 is 5.97 Å². The van der Waals surface area contributed by atoms with Gasteiger partial charge < -0.3 is 18.9 Å². The number of fused-ring (bicyclic) bond motifs is 1. The molecule has 2 heterocycles. The molecule has 9 heteroatoms. The summed E-state index contributed by atoms with van der Waals surface area (Å²) in [6.45, 7) is 4.23. The number of nitrogens with zero attached hydrogens (tertiary/aromatic N) is 5. The van der Waals surface area contributed by atoms with Crippen LogP contribution in [0.1, 0.15) is 95.7 Å². The molecule has 0 spiro atoms. The van der Waals surface area contributed by atoms with Crippen LogP contribution in [-0.4, -0.2) is 64.7 Å². The van der Waals surface area contributed by atoms with E-state index in [2.05, 4.69) is 29.2 Å². The lowest BCUT2D eigenvalue weighted by molar-refractivity contribution is -0.140. The molecule has 0 bridgehead atoms. The van der Waals surface area contributed by atoms with Gasteiger partial charge in [-0.3, -0.25) is 4.79 Å². The van der Waals surface area contributed by atoms with Gasteiger partial charge in [0.1, 0.15) is 12.4 Å². The van der Waals surface area contributed by atoms with Gasteiger partial charge in [0.2, 0.25) is 11.2 Å². The Balaban J connectivity index is 1.58. The number of aryl methyl sites for hydroxylation is 2. The summed E-state index contributed by atoms with van der Waals surface area (Å²) in [5.74, 6) is 1.35. The fraction of sp³-hybridized carbons (Fsp3) is 0.778. The first-order valence-electron chi connectivity index (χ1n) is 13.7. The van der Waals surface area contributed by atoms with E-state index in [4.69, 9.17) is 16.3 Å². The second-order valence-corrected chi connectivity index (χ2v) is 10.2. The monoisotopic (exact) mass is 523 g/mol. The number of likely N-dealkylation sites (N-methyl/N-ethyl adjacent to an activating group) is 1. The van der Waals surface area contributed by atoms with Crippen molar-refractivity contribution < 1.29 is 14.3 Å². The van der Waals surface area contributed by atoms with Gasteiger partial charge in [-0.2, -0.15) is 9.97 Å². The summed E-state index contributed by atoms with van der Waals surface area (Å²) < 4.78 is 12.8. The van der Waals surface area contributed by atoms with E-state index in [1.807, 2.05) is 21.0 Å². The van der Waals surface area contributed by atoms with Gasteiger partial charge in [0.15, 0.2) is 11.2 Å². The van der Waals surface area contributed by atoms with Gasteiger partial charge in [-0.05, 0) is 45.5 Å².